The van der Waals surface area contributed by atoms with Crippen molar-refractivity contribution in [3.8, 4) is 0 Å². The third-order valence-electron chi connectivity index (χ3n) is 1.08. The Hall–Kier alpha value is -0.575. The quantitative estimate of drug-likeness (QED) is 0.600. The van der Waals surface area contributed by atoms with Crippen LogP contribution in [-0.4, -0.2) is 17.2 Å². The maximum atomic E-state index is 13.2. The van der Waals surface area contributed by atoms with E-state index in [1.165, 1.54) is 0 Å². The van der Waals surface area contributed by atoms with Gasteiger partial charge in [-0.15, -0.1) is 0 Å². The molecule has 0 saturated heterocycles. The van der Waals surface area contributed by atoms with Crippen LogP contribution in [0.5, 0.6) is 0 Å². The summed E-state index contributed by atoms with van der Waals surface area (Å²) in [6, 6.07) is -2.15. The molecule has 0 heterocycles. The Morgan fingerprint density at radius 1 is 1.55 bits per heavy atom. The molecule has 11 heavy (non-hydrogen) atoms. The van der Waals surface area contributed by atoms with Crippen molar-refractivity contribution in [2.75, 3.05) is 0 Å². The predicted octanol–water partition coefficient (Wildman–Crippen LogP) is 0.159. The Morgan fingerprint density at radius 3 is 2.73 bits per heavy atom. The van der Waals surface area contributed by atoms with Gasteiger partial charge in [-0.1, -0.05) is 17.6 Å². The van der Waals surface area contributed by atoms with E-state index in [1.807, 2.05) is 0 Å². The molecule has 0 saturated carbocycles. The Labute approximate surface area is 72.6 Å². The molecule has 0 unspecified atom stereocenters. The summed E-state index contributed by atoms with van der Waals surface area (Å²) in [5.41, 5.74) is -0.738. The van der Waals surface area contributed by atoms with Crippen LogP contribution in [0.2, 0.25) is 5.02 Å². The molecule has 5 heteroatoms. The van der Waals surface area contributed by atoms with Crippen LogP contribution in [0, 0.1) is 5.82 Å². The van der Waals surface area contributed by atoms with Crippen molar-refractivity contribution in [2.45, 2.75) is 0 Å². The van der Waals surface area contributed by atoms with E-state index in [0.29, 0.717) is 0 Å². The number of hydrogen-bond acceptors (Lipinski definition) is 2. The zero-order chi connectivity index (χ0) is 11.0. The Balaban J connectivity index is 3.60. The average molecular weight is 177 g/mol. The molecular weight excluding hydrogens is 169 g/mol. The first kappa shape index (κ1) is 5.14. The first-order valence-electron chi connectivity index (χ1n) is 4.18. The minimum absolute atomic E-state index is 0.557. The second-order valence-electron chi connectivity index (χ2n) is 1.79. The van der Waals surface area contributed by atoms with Gasteiger partial charge in [0, 0.05) is 10.5 Å². The van der Waals surface area contributed by atoms with Gasteiger partial charge in [0.2, 0.25) is 0 Å². The molecule has 0 radical (unpaired) electrons. The van der Waals surface area contributed by atoms with E-state index >= 15 is 0 Å². The largest absolute Gasteiger partial charge is 0.492 e. The van der Waals surface area contributed by atoms with Gasteiger partial charge in [-0.05, 0) is 12.1 Å². The summed E-state index contributed by atoms with van der Waals surface area (Å²) in [6.45, 7) is 0. The van der Waals surface area contributed by atoms with Crippen molar-refractivity contribution in [3.63, 3.8) is 0 Å². The summed E-state index contributed by atoms with van der Waals surface area (Å²) in [5.74, 6) is -1.29. The topological polar surface area (TPSA) is 40.5 Å². The van der Waals surface area contributed by atoms with Crippen LogP contribution in [-0.2, 0) is 0 Å². The second kappa shape index (κ2) is 3.22. The summed E-state index contributed by atoms with van der Waals surface area (Å²) in [5, 5.41) is 16.9. The summed E-state index contributed by atoms with van der Waals surface area (Å²) < 4.78 is 34.5. The van der Waals surface area contributed by atoms with E-state index < -0.39 is 41.5 Å². The van der Waals surface area contributed by atoms with Crippen LogP contribution in [0.1, 0.15) is 4.11 Å². The first-order chi connectivity index (χ1) is 6.37. The molecule has 1 rings (SSSR count). The van der Waals surface area contributed by atoms with Crippen molar-refractivity contribution in [3.05, 3.63) is 29.0 Å². The van der Waals surface area contributed by atoms with Gasteiger partial charge in [0.05, 0.1) is 4.11 Å². The molecule has 2 nitrogen and oxygen atoms in total. The molecule has 0 aliphatic rings. The normalized spacial score (nSPS) is 13.6. The summed E-state index contributed by atoms with van der Waals surface area (Å²) in [4.78, 5) is 0. The van der Waals surface area contributed by atoms with Crippen molar-refractivity contribution < 1.29 is 18.6 Å². The molecule has 1 aromatic carbocycles. The van der Waals surface area contributed by atoms with Crippen LogP contribution >= 0.6 is 11.6 Å². The van der Waals surface area contributed by atoms with Crippen molar-refractivity contribution in [1.29, 1.82) is 0 Å². The predicted molar refractivity (Wildman–Crippen MR) is 41.2 cm³/mol. The molecule has 0 amide bonds. The number of benzene rings is 1. The van der Waals surface area contributed by atoms with E-state index in [2.05, 4.69) is 0 Å². The van der Waals surface area contributed by atoms with E-state index in [4.69, 9.17) is 25.8 Å². The molecule has 1 aromatic rings. The lowest BCUT2D eigenvalue weighted by atomic mass is 9.80. The van der Waals surface area contributed by atoms with Gasteiger partial charge >= 0.3 is 7.12 Å². The van der Waals surface area contributed by atoms with Crippen LogP contribution in [0.25, 0.3) is 0 Å². The minimum Gasteiger partial charge on any atom is -0.423 e. The fourth-order valence-corrected chi connectivity index (χ4v) is 0.827. The molecule has 0 bridgehead atoms. The Kier molecular flexibility index (Phi) is 1.50. The smallest absolute Gasteiger partial charge is 0.423 e. The lowest BCUT2D eigenvalue weighted by Crippen LogP contribution is -2.33. The molecule has 0 atom stereocenters. The molecular formula is C6H5BClFO2. The molecule has 0 fully saturated rings. The van der Waals surface area contributed by atoms with Crippen LogP contribution in [0.15, 0.2) is 18.1 Å². The average Bonchev–Trinajstić information content (AvgIpc) is 2.11. The van der Waals surface area contributed by atoms with Crippen molar-refractivity contribution >= 4 is 24.2 Å². The highest BCUT2D eigenvalue weighted by Crippen LogP contribution is 2.07. The zero-order valence-corrected chi connectivity index (χ0v) is 5.98. The third kappa shape index (κ3) is 1.71. The van der Waals surface area contributed by atoms with Gasteiger partial charge in [-0.25, -0.2) is 4.39 Å². The lowest BCUT2D eigenvalue weighted by molar-refractivity contribution is 0.423. The molecule has 0 aliphatic heterocycles. The molecule has 0 aromatic heterocycles. The fourth-order valence-electron chi connectivity index (χ4n) is 0.599. The lowest BCUT2D eigenvalue weighted by Gasteiger charge is -2.02. The molecule has 0 aliphatic carbocycles. The highest BCUT2D eigenvalue weighted by atomic mass is 35.5. The Morgan fingerprint density at radius 2 is 2.18 bits per heavy atom. The van der Waals surface area contributed by atoms with Gasteiger partial charge in [-0.3, -0.25) is 0 Å². The van der Waals surface area contributed by atoms with Crippen LogP contribution in [0.3, 0.4) is 0 Å². The highest BCUT2D eigenvalue weighted by molar-refractivity contribution is 6.62. The molecule has 2 N–H and O–H groups in total. The van der Waals surface area contributed by atoms with Gasteiger partial charge in [0.15, 0.2) is 0 Å². The van der Waals surface area contributed by atoms with E-state index in [-0.39, 0.29) is 0 Å². The summed E-state index contributed by atoms with van der Waals surface area (Å²) in [7, 11) is -2.20. The minimum atomic E-state index is -2.20. The van der Waals surface area contributed by atoms with Crippen molar-refractivity contribution in [1.82, 2.24) is 0 Å². The Bertz CT molecular complexity index is 359. The number of hydrogen-bond donors (Lipinski definition) is 2. The van der Waals surface area contributed by atoms with Gasteiger partial charge < -0.3 is 10.0 Å². The molecule has 0 spiro atoms. The monoisotopic (exact) mass is 177 g/mol. The first-order valence-corrected chi connectivity index (χ1v) is 3.06. The number of halogens is 2. The fraction of sp³-hybridized carbons (Fsp3) is 0. The standard InChI is InChI=1S/C6H5BClFO2/c8-4-2-1-3-5(9)6(4)7(10)11/h1-3,10-11H/i1D,2D,3D. The summed E-state index contributed by atoms with van der Waals surface area (Å²) in [6.07, 6.45) is 0. The van der Waals surface area contributed by atoms with E-state index in [0.717, 1.165) is 0 Å². The maximum Gasteiger partial charge on any atom is 0.492 e. The van der Waals surface area contributed by atoms with Gasteiger partial charge in [-0.2, -0.15) is 0 Å². The summed E-state index contributed by atoms with van der Waals surface area (Å²) >= 11 is 5.42. The van der Waals surface area contributed by atoms with E-state index in [1.54, 1.807) is 0 Å². The van der Waals surface area contributed by atoms with E-state index in [9.17, 15) is 4.39 Å². The molecule has 58 valence electrons. The van der Waals surface area contributed by atoms with Crippen molar-refractivity contribution in [2.24, 2.45) is 0 Å². The second-order valence-corrected chi connectivity index (χ2v) is 2.17. The zero-order valence-electron chi connectivity index (χ0n) is 8.23. The maximum absolute atomic E-state index is 13.2. The third-order valence-corrected chi connectivity index (χ3v) is 1.37. The SMILES string of the molecule is [2H]c1c([2H])c(F)c(B(O)O)c(Cl)c1[2H]. The van der Waals surface area contributed by atoms with Gasteiger partial charge in [0.1, 0.15) is 5.82 Å². The highest BCUT2D eigenvalue weighted by Gasteiger charge is 2.19. The van der Waals surface area contributed by atoms with Crippen LogP contribution in [0.4, 0.5) is 4.39 Å². The van der Waals surface area contributed by atoms with Gasteiger partial charge in [0.25, 0.3) is 0 Å². The van der Waals surface area contributed by atoms with Crippen LogP contribution < -0.4 is 5.46 Å². The number of rotatable bonds is 1.